The molecular weight excluding hydrogens is 215 g/mol. The van der Waals surface area contributed by atoms with Crippen LogP contribution in [0.3, 0.4) is 0 Å². The second-order valence-electron chi connectivity index (χ2n) is 4.57. The van der Waals surface area contributed by atoms with Crippen LogP contribution in [0.2, 0.25) is 0 Å². The Balaban J connectivity index is 0.000000385. The average Bonchev–Trinajstić information content (AvgIpc) is 2.19. The highest BCUT2D eigenvalue weighted by atomic mass is 31.2. The summed E-state index contributed by atoms with van der Waals surface area (Å²) in [7, 11) is -1.89. The smallest absolute Gasteiger partial charge is 0.0861 e. The van der Waals surface area contributed by atoms with E-state index in [1.54, 1.807) is 0 Å². The van der Waals surface area contributed by atoms with Gasteiger partial charge in [0.25, 0.3) is 0 Å². The molecule has 16 heavy (non-hydrogen) atoms. The fourth-order valence-corrected chi connectivity index (χ4v) is 2.47. The van der Waals surface area contributed by atoms with Gasteiger partial charge >= 0.3 is 0 Å². The van der Waals surface area contributed by atoms with Gasteiger partial charge in [-0.2, -0.15) is 0 Å². The Labute approximate surface area is 101 Å². The molecule has 0 aliphatic heterocycles. The Bertz CT molecular complexity index is 298. The van der Waals surface area contributed by atoms with Crippen LogP contribution in [0.5, 0.6) is 0 Å². The summed E-state index contributed by atoms with van der Waals surface area (Å²) in [6.45, 7) is 8.06. The summed E-state index contributed by atoms with van der Waals surface area (Å²) >= 11 is 0. The first kappa shape index (κ1) is 15.4. The van der Waals surface area contributed by atoms with Crippen molar-refractivity contribution in [3.8, 4) is 0 Å². The maximum Gasteiger partial charge on any atom is 0.0861 e. The van der Waals surface area contributed by atoms with Gasteiger partial charge in [-0.05, 0) is 18.9 Å². The summed E-state index contributed by atoms with van der Waals surface area (Å²) in [6.07, 6.45) is 4.79. The van der Waals surface area contributed by atoms with Crippen LogP contribution in [0, 0.1) is 0 Å². The molecule has 0 saturated heterocycles. The predicted molar refractivity (Wildman–Crippen MR) is 74.8 cm³/mol. The van der Waals surface area contributed by atoms with Crippen LogP contribution in [-0.2, 0) is 10.7 Å². The summed E-state index contributed by atoms with van der Waals surface area (Å²) < 4.78 is 11.4. The molecule has 0 spiro atoms. The average molecular weight is 240 g/mol. The Kier molecular flexibility index (Phi) is 8.29. The lowest BCUT2D eigenvalue weighted by Crippen LogP contribution is -1.83. The maximum atomic E-state index is 11.4. The minimum absolute atomic E-state index is 0.716. The van der Waals surface area contributed by atoms with E-state index in [2.05, 4.69) is 13.8 Å². The van der Waals surface area contributed by atoms with E-state index in [1.165, 1.54) is 24.8 Å². The molecule has 1 aromatic carbocycles. The van der Waals surface area contributed by atoms with Gasteiger partial charge in [0.1, 0.15) is 0 Å². The van der Waals surface area contributed by atoms with Crippen LogP contribution in [0.25, 0.3) is 0 Å². The molecule has 1 rings (SSSR count). The van der Waals surface area contributed by atoms with E-state index in [-0.39, 0.29) is 0 Å². The first-order valence-corrected chi connectivity index (χ1v) is 8.86. The number of rotatable bonds is 4. The molecule has 1 nitrogen and oxygen atoms in total. The van der Waals surface area contributed by atoms with E-state index in [9.17, 15) is 4.57 Å². The molecule has 0 fully saturated rings. The molecule has 0 radical (unpaired) electrons. The van der Waals surface area contributed by atoms with Crippen LogP contribution in [0.1, 0.15) is 38.7 Å². The number of hydrogen-bond acceptors (Lipinski definition) is 1. The molecule has 0 aromatic heterocycles. The standard InChI is InChI=1S/C9H13OP.C5H12/c1-11(2,10)8-9-6-4-3-5-7-9;1-3-5-4-2/h3-7H,8H2,1-2H3;3-5H2,1-2H3. The third-order valence-electron chi connectivity index (χ3n) is 2.11. The Morgan fingerprint density at radius 3 is 1.81 bits per heavy atom. The molecule has 0 aliphatic rings. The van der Waals surface area contributed by atoms with Crippen LogP contribution < -0.4 is 0 Å². The summed E-state index contributed by atoms with van der Waals surface area (Å²) in [5.41, 5.74) is 1.17. The van der Waals surface area contributed by atoms with E-state index < -0.39 is 7.14 Å². The molecule has 92 valence electrons. The molecule has 0 heterocycles. The summed E-state index contributed by atoms with van der Waals surface area (Å²) in [4.78, 5) is 0. The summed E-state index contributed by atoms with van der Waals surface area (Å²) in [6, 6.07) is 9.95. The minimum Gasteiger partial charge on any atom is -0.324 e. The third-order valence-corrected chi connectivity index (χ3v) is 3.24. The molecule has 0 aliphatic carbocycles. The molecule has 1 aromatic rings. The molecule has 2 heteroatoms. The number of hydrogen-bond donors (Lipinski definition) is 0. The van der Waals surface area contributed by atoms with E-state index in [1.807, 2.05) is 43.7 Å². The van der Waals surface area contributed by atoms with Crippen molar-refractivity contribution in [1.82, 2.24) is 0 Å². The zero-order valence-electron chi connectivity index (χ0n) is 11.1. The monoisotopic (exact) mass is 240 g/mol. The van der Waals surface area contributed by atoms with Gasteiger partial charge in [0.15, 0.2) is 0 Å². The van der Waals surface area contributed by atoms with Crippen LogP contribution in [-0.4, -0.2) is 13.3 Å². The van der Waals surface area contributed by atoms with Gasteiger partial charge in [-0.15, -0.1) is 0 Å². The Morgan fingerprint density at radius 1 is 1.00 bits per heavy atom. The second-order valence-corrected chi connectivity index (χ2v) is 8.04. The lowest BCUT2D eigenvalue weighted by atomic mass is 10.2. The van der Waals surface area contributed by atoms with E-state index in [0.29, 0.717) is 6.16 Å². The molecule has 0 atom stereocenters. The SMILES string of the molecule is CCCCC.CP(C)(=O)Cc1ccccc1. The third kappa shape index (κ3) is 9.98. The second kappa shape index (κ2) is 8.58. The van der Waals surface area contributed by atoms with Crippen molar-refractivity contribution in [2.75, 3.05) is 13.3 Å². The molecule has 0 amide bonds. The zero-order valence-corrected chi connectivity index (χ0v) is 12.0. The lowest BCUT2D eigenvalue weighted by Gasteiger charge is -2.04. The minimum atomic E-state index is -1.89. The quantitative estimate of drug-likeness (QED) is 0.676. The summed E-state index contributed by atoms with van der Waals surface area (Å²) in [5, 5.41) is 0. The zero-order chi connectivity index (χ0) is 12.4. The van der Waals surface area contributed by atoms with Crippen molar-refractivity contribution in [3.63, 3.8) is 0 Å². The normalized spacial score (nSPS) is 10.5. The highest BCUT2D eigenvalue weighted by Crippen LogP contribution is 2.39. The topological polar surface area (TPSA) is 17.1 Å². The first-order valence-electron chi connectivity index (χ1n) is 6.07. The fourth-order valence-electron chi connectivity index (χ4n) is 1.38. The predicted octanol–water partition coefficient (Wildman–Crippen LogP) is 5.01. The highest BCUT2D eigenvalue weighted by molar-refractivity contribution is 7.61. The lowest BCUT2D eigenvalue weighted by molar-refractivity contribution is 0.582. The molecular formula is C14H25OP. The van der Waals surface area contributed by atoms with Crippen molar-refractivity contribution in [2.24, 2.45) is 0 Å². The van der Waals surface area contributed by atoms with Gasteiger partial charge < -0.3 is 4.57 Å². The molecule has 0 N–H and O–H groups in total. The van der Waals surface area contributed by atoms with Gasteiger partial charge in [-0.25, -0.2) is 0 Å². The van der Waals surface area contributed by atoms with Gasteiger partial charge in [-0.1, -0.05) is 63.4 Å². The van der Waals surface area contributed by atoms with Crippen molar-refractivity contribution >= 4 is 7.14 Å². The fraction of sp³-hybridized carbons (Fsp3) is 0.571. The van der Waals surface area contributed by atoms with Crippen molar-refractivity contribution in [1.29, 1.82) is 0 Å². The van der Waals surface area contributed by atoms with Crippen molar-refractivity contribution in [2.45, 2.75) is 39.3 Å². The highest BCUT2D eigenvalue weighted by Gasteiger charge is 2.06. The van der Waals surface area contributed by atoms with Crippen LogP contribution in [0.15, 0.2) is 30.3 Å². The molecule has 0 unspecified atom stereocenters. The molecule has 0 bridgehead atoms. The van der Waals surface area contributed by atoms with E-state index in [0.717, 1.165) is 0 Å². The van der Waals surface area contributed by atoms with Crippen LogP contribution in [0.4, 0.5) is 0 Å². The van der Waals surface area contributed by atoms with E-state index >= 15 is 0 Å². The number of unbranched alkanes of at least 4 members (excludes halogenated alkanes) is 2. The maximum absolute atomic E-state index is 11.4. The summed E-state index contributed by atoms with van der Waals surface area (Å²) in [5.74, 6) is 0. The van der Waals surface area contributed by atoms with E-state index in [4.69, 9.17) is 0 Å². The largest absolute Gasteiger partial charge is 0.324 e. The Morgan fingerprint density at radius 2 is 1.50 bits per heavy atom. The van der Waals surface area contributed by atoms with Gasteiger partial charge in [0.2, 0.25) is 0 Å². The van der Waals surface area contributed by atoms with Crippen LogP contribution >= 0.6 is 7.14 Å². The Hall–Kier alpha value is -0.550. The number of benzene rings is 1. The van der Waals surface area contributed by atoms with Gasteiger partial charge in [0.05, 0.1) is 7.14 Å². The van der Waals surface area contributed by atoms with Gasteiger partial charge in [-0.3, -0.25) is 0 Å². The molecule has 0 saturated carbocycles. The van der Waals surface area contributed by atoms with Crippen molar-refractivity contribution in [3.05, 3.63) is 35.9 Å². The first-order chi connectivity index (χ1) is 7.49. The van der Waals surface area contributed by atoms with Gasteiger partial charge in [0, 0.05) is 6.16 Å². The van der Waals surface area contributed by atoms with Crippen molar-refractivity contribution < 1.29 is 4.57 Å².